The van der Waals surface area contributed by atoms with Crippen LogP contribution in [0.15, 0.2) is 24.3 Å². The van der Waals surface area contributed by atoms with Crippen LogP contribution in [0.3, 0.4) is 0 Å². The number of hydrogen-bond acceptors (Lipinski definition) is 3. The van der Waals surface area contributed by atoms with E-state index in [2.05, 4.69) is 22.3 Å². The highest BCUT2D eigenvalue weighted by atomic mass is 16.5. The molecule has 0 radical (unpaired) electrons. The Morgan fingerprint density at radius 1 is 1.42 bits per heavy atom. The van der Waals surface area contributed by atoms with Crippen LogP contribution in [0, 0.1) is 5.92 Å². The predicted molar refractivity (Wildman–Crippen MR) is 77.5 cm³/mol. The van der Waals surface area contributed by atoms with Crippen LogP contribution in [-0.4, -0.2) is 19.2 Å². The molecule has 1 fully saturated rings. The minimum atomic E-state index is -0.445. The van der Waals surface area contributed by atoms with E-state index in [0.29, 0.717) is 6.04 Å². The molecule has 1 aromatic carbocycles. The average Bonchev–Trinajstić information content (AvgIpc) is 2.34. The Morgan fingerprint density at radius 3 is 2.79 bits per heavy atom. The van der Waals surface area contributed by atoms with E-state index in [1.54, 1.807) is 0 Å². The molecule has 1 aliphatic rings. The molecule has 1 aliphatic carbocycles. The Balaban J connectivity index is 1.88. The van der Waals surface area contributed by atoms with Gasteiger partial charge in [0.2, 0.25) is 0 Å². The van der Waals surface area contributed by atoms with Crippen LogP contribution in [0.5, 0.6) is 0 Å². The Bertz CT molecular complexity index is 430. The van der Waals surface area contributed by atoms with E-state index < -0.39 is 6.09 Å². The molecule has 1 unspecified atom stereocenters. The molecule has 4 nitrogen and oxygen atoms in total. The average molecular weight is 262 g/mol. The minimum Gasteiger partial charge on any atom is -0.453 e. The lowest BCUT2D eigenvalue weighted by Crippen LogP contribution is -2.23. The van der Waals surface area contributed by atoms with Gasteiger partial charge >= 0.3 is 6.09 Å². The van der Waals surface area contributed by atoms with Gasteiger partial charge in [0.05, 0.1) is 7.11 Å². The smallest absolute Gasteiger partial charge is 0.411 e. The molecular formula is C15H22N2O2. The third-order valence-electron chi connectivity index (χ3n) is 3.62. The van der Waals surface area contributed by atoms with Gasteiger partial charge in [0.1, 0.15) is 0 Å². The molecule has 4 heteroatoms. The van der Waals surface area contributed by atoms with Gasteiger partial charge in [-0.15, -0.1) is 0 Å². The Morgan fingerprint density at radius 2 is 2.16 bits per heavy atom. The van der Waals surface area contributed by atoms with Crippen LogP contribution in [-0.2, 0) is 4.74 Å². The molecule has 0 aromatic heterocycles. The first-order chi connectivity index (χ1) is 9.17. The summed E-state index contributed by atoms with van der Waals surface area (Å²) < 4.78 is 4.58. The fourth-order valence-corrected chi connectivity index (χ4v) is 2.43. The highest BCUT2D eigenvalue weighted by Crippen LogP contribution is 2.31. The van der Waals surface area contributed by atoms with Gasteiger partial charge in [-0.05, 0) is 37.5 Å². The topological polar surface area (TPSA) is 50.4 Å². The van der Waals surface area contributed by atoms with Crippen LogP contribution in [0.25, 0.3) is 0 Å². The number of carbonyl (C=O) groups is 1. The van der Waals surface area contributed by atoms with Gasteiger partial charge in [-0.1, -0.05) is 25.3 Å². The van der Waals surface area contributed by atoms with Crippen LogP contribution >= 0.6 is 0 Å². The summed E-state index contributed by atoms with van der Waals surface area (Å²) >= 11 is 0. The second-order valence-electron chi connectivity index (χ2n) is 5.28. The molecule has 1 aromatic rings. The summed E-state index contributed by atoms with van der Waals surface area (Å²) in [6, 6.07) is 8.16. The third kappa shape index (κ3) is 4.16. The van der Waals surface area contributed by atoms with Crippen molar-refractivity contribution in [3.05, 3.63) is 24.3 Å². The predicted octanol–water partition coefficient (Wildman–Crippen LogP) is 3.86. The number of methoxy groups -OCH3 is 1. The third-order valence-corrected chi connectivity index (χ3v) is 3.62. The fraction of sp³-hybridized carbons (Fsp3) is 0.533. The van der Waals surface area contributed by atoms with Crippen molar-refractivity contribution < 1.29 is 9.53 Å². The van der Waals surface area contributed by atoms with Gasteiger partial charge in [0.15, 0.2) is 0 Å². The van der Waals surface area contributed by atoms with Crippen LogP contribution in [0.2, 0.25) is 0 Å². The van der Waals surface area contributed by atoms with Gasteiger partial charge < -0.3 is 10.1 Å². The van der Waals surface area contributed by atoms with Gasteiger partial charge in [-0.25, -0.2) is 4.79 Å². The molecule has 0 heterocycles. The maximum absolute atomic E-state index is 11.2. The van der Waals surface area contributed by atoms with E-state index >= 15 is 0 Å². The number of ether oxygens (including phenoxy) is 1. The van der Waals surface area contributed by atoms with Crippen LogP contribution in [0.1, 0.15) is 32.6 Å². The summed E-state index contributed by atoms with van der Waals surface area (Å²) in [4.78, 5) is 11.2. The maximum atomic E-state index is 11.2. The SMILES string of the molecule is COC(=O)Nc1cccc(NC(C)CC2CCC2)c1. The van der Waals surface area contributed by atoms with Crippen LogP contribution < -0.4 is 10.6 Å². The molecule has 19 heavy (non-hydrogen) atoms. The van der Waals surface area contributed by atoms with Crippen molar-refractivity contribution in [2.45, 2.75) is 38.6 Å². The van der Waals surface area contributed by atoms with Gasteiger partial charge in [0, 0.05) is 17.4 Å². The highest BCUT2D eigenvalue weighted by Gasteiger charge is 2.19. The molecule has 1 amide bonds. The number of carbonyl (C=O) groups excluding carboxylic acids is 1. The zero-order valence-electron chi connectivity index (χ0n) is 11.6. The van der Waals surface area contributed by atoms with E-state index in [0.717, 1.165) is 17.3 Å². The first-order valence-electron chi connectivity index (χ1n) is 6.89. The molecule has 0 saturated heterocycles. The molecular weight excluding hydrogens is 240 g/mol. The summed E-state index contributed by atoms with van der Waals surface area (Å²) in [5, 5.41) is 6.15. The van der Waals surface area contributed by atoms with Gasteiger partial charge in [-0.3, -0.25) is 5.32 Å². The van der Waals surface area contributed by atoms with E-state index in [1.807, 2.05) is 24.3 Å². The van der Waals surface area contributed by atoms with Gasteiger partial charge in [0.25, 0.3) is 0 Å². The molecule has 0 aliphatic heterocycles. The fourth-order valence-electron chi connectivity index (χ4n) is 2.43. The normalized spacial score (nSPS) is 16.3. The lowest BCUT2D eigenvalue weighted by Gasteiger charge is -2.29. The Kier molecular flexibility index (Phi) is 4.66. The molecule has 1 saturated carbocycles. The van der Waals surface area contributed by atoms with Crippen molar-refractivity contribution in [3.8, 4) is 0 Å². The number of anilines is 2. The van der Waals surface area contributed by atoms with Crippen molar-refractivity contribution >= 4 is 17.5 Å². The standard InChI is InChI=1S/C15H22N2O2/c1-11(9-12-5-3-6-12)16-13-7-4-8-14(10-13)17-15(18)19-2/h4,7-8,10-12,16H,3,5-6,9H2,1-2H3,(H,17,18). The summed E-state index contributed by atoms with van der Waals surface area (Å²) in [5.74, 6) is 0.888. The zero-order chi connectivity index (χ0) is 13.7. The van der Waals surface area contributed by atoms with Crippen molar-refractivity contribution in [2.75, 3.05) is 17.7 Å². The summed E-state index contributed by atoms with van der Waals surface area (Å²) in [6.45, 7) is 2.21. The lowest BCUT2D eigenvalue weighted by molar-refractivity contribution is 0.187. The molecule has 0 spiro atoms. The van der Waals surface area contributed by atoms with Crippen LogP contribution in [0.4, 0.5) is 16.2 Å². The minimum absolute atomic E-state index is 0.445. The number of nitrogens with one attached hydrogen (secondary N) is 2. The molecule has 104 valence electrons. The molecule has 0 bridgehead atoms. The molecule has 2 rings (SSSR count). The number of rotatable bonds is 5. The van der Waals surface area contributed by atoms with E-state index in [-0.39, 0.29) is 0 Å². The quantitative estimate of drug-likeness (QED) is 0.847. The van der Waals surface area contributed by atoms with Crippen molar-refractivity contribution in [1.82, 2.24) is 0 Å². The van der Waals surface area contributed by atoms with E-state index in [4.69, 9.17) is 0 Å². The monoisotopic (exact) mass is 262 g/mol. The van der Waals surface area contributed by atoms with Crippen molar-refractivity contribution in [1.29, 1.82) is 0 Å². The number of benzene rings is 1. The first-order valence-corrected chi connectivity index (χ1v) is 6.89. The Hall–Kier alpha value is -1.71. The zero-order valence-corrected chi connectivity index (χ0v) is 11.6. The van der Waals surface area contributed by atoms with Gasteiger partial charge in [-0.2, -0.15) is 0 Å². The van der Waals surface area contributed by atoms with E-state index in [1.165, 1.54) is 32.8 Å². The first kappa shape index (κ1) is 13.7. The largest absolute Gasteiger partial charge is 0.453 e. The highest BCUT2D eigenvalue weighted by molar-refractivity contribution is 5.85. The summed E-state index contributed by atoms with van der Waals surface area (Å²) in [7, 11) is 1.36. The molecule has 1 atom stereocenters. The lowest BCUT2D eigenvalue weighted by atomic mass is 9.81. The number of hydrogen-bond donors (Lipinski definition) is 2. The summed E-state index contributed by atoms with van der Waals surface area (Å²) in [6.07, 6.45) is 4.90. The molecule has 2 N–H and O–H groups in total. The Labute approximate surface area is 114 Å². The maximum Gasteiger partial charge on any atom is 0.411 e. The second-order valence-corrected chi connectivity index (χ2v) is 5.28. The van der Waals surface area contributed by atoms with Crippen molar-refractivity contribution in [2.24, 2.45) is 5.92 Å². The second kappa shape index (κ2) is 6.45. The van der Waals surface area contributed by atoms with Crippen molar-refractivity contribution in [3.63, 3.8) is 0 Å². The summed E-state index contributed by atoms with van der Waals surface area (Å²) in [5.41, 5.74) is 1.77. The van der Waals surface area contributed by atoms with E-state index in [9.17, 15) is 4.79 Å². The number of amides is 1.